The van der Waals surface area contributed by atoms with E-state index in [0.29, 0.717) is 11.9 Å². The van der Waals surface area contributed by atoms with Crippen LogP contribution in [0.1, 0.15) is 20.8 Å². The van der Waals surface area contributed by atoms with Crippen molar-refractivity contribution in [3.05, 3.63) is 0 Å². The molecule has 2 unspecified atom stereocenters. The lowest BCUT2D eigenvalue weighted by Crippen LogP contribution is -2.51. The van der Waals surface area contributed by atoms with Crippen molar-refractivity contribution in [3.63, 3.8) is 0 Å². The Labute approximate surface area is 105 Å². The van der Waals surface area contributed by atoms with Gasteiger partial charge in [-0.05, 0) is 20.0 Å². The summed E-state index contributed by atoms with van der Waals surface area (Å²) in [6.45, 7) is 13.0. The molecule has 1 saturated heterocycles. The van der Waals surface area contributed by atoms with E-state index in [1.165, 1.54) is 0 Å². The lowest BCUT2D eigenvalue weighted by molar-refractivity contribution is -0.0496. The quantitative estimate of drug-likeness (QED) is 0.665. The predicted octanol–water partition coefficient (Wildman–Crippen LogP) is 1.66. The number of rotatable bonds is 6. The van der Waals surface area contributed by atoms with Crippen molar-refractivity contribution >= 4 is 11.6 Å². The van der Waals surface area contributed by atoms with Crippen LogP contribution in [0.2, 0.25) is 0 Å². The van der Waals surface area contributed by atoms with Gasteiger partial charge in [-0.15, -0.1) is 11.6 Å². The fourth-order valence-electron chi connectivity index (χ4n) is 2.09. The van der Waals surface area contributed by atoms with E-state index in [4.69, 9.17) is 16.3 Å². The molecule has 2 atom stereocenters. The van der Waals surface area contributed by atoms with Crippen LogP contribution in [-0.4, -0.2) is 67.2 Å². The van der Waals surface area contributed by atoms with Crippen molar-refractivity contribution < 1.29 is 4.74 Å². The molecule has 0 aromatic carbocycles. The standard InChI is InChI=1S/C12H25ClN2O/c1-4-14(5-2)6-7-15-9-12(8-13)16-10-11(15)3/h11-12H,4-10H2,1-3H3. The fourth-order valence-corrected chi connectivity index (χ4v) is 2.28. The van der Waals surface area contributed by atoms with Crippen molar-refractivity contribution in [2.75, 3.05) is 45.2 Å². The van der Waals surface area contributed by atoms with Crippen LogP contribution in [0.25, 0.3) is 0 Å². The summed E-state index contributed by atoms with van der Waals surface area (Å²) in [5.74, 6) is 0.606. The Morgan fingerprint density at radius 1 is 1.38 bits per heavy atom. The summed E-state index contributed by atoms with van der Waals surface area (Å²) in [6.07, 6.45) is 0.217. The van der Waals surface area contributed by atoms with E-state index in [1.54, 1.807) is 0 Å². The van der Waals surface area contributed by atoms with Crippen LogP contribution in [0.4, 0.5) is 0 Å². The second-order valence-corrected chi connectivity index (χ2v) is 4.79. The Kier molecular flexibility index (Phi) is 6.66. The Morgan fingerprint density at radius 3 is 2.62 bits per heavy atom. The second-order valence-electron chi connectivity index (χ2n) is 4.48. The smallest absolute Gasteiger partial charge is 0.0837 e. The molecule has 3 nitrogen and oxygen atoms in total. The van der Waals surface area contributed by atoms with E-state index in [0.717, 1.165) is 39.3 Å². The van der Waals surface area contributed by atoms with Gasteiger partial charge in [0.1, 0.15) is 0 Å². The molecule has 0 bridgehead atoms. The minimum absolute atomic E-state index is 0.217. The Hall–Kier alpha value is 0.170. The second kappa shape index (κ2) is 7.49. The number of hydrogen-bond acceptors (Lipinski definition) is 3. The van der Waals surface area contributed by atoms with Gasteiger partial charge in [-0.1, -0.05) is 13.8 Å². The topological polar surface area (TPSA) is 15.7 Å². The van der Waals surface area contributed by atoms with Gasteiger partial charge in [0.15, 0.2) is 0 Å². The SMILES string of the molecule is CCN(CC)CCN1CC(CCl)OCC1C. The van der Waals surface area contributed by atoms with Crippen molar-refractivity contribution in [1.29, 1.82) is 0 Å². The number of morpholine rings is 1. The van der Waals surface area contributed by atoms with Crippen LogP contribution in [0.15, 0.2) is 0 Å². The molecule has 96 valence electrons. The van der Waals surface area contributed by atoms with E-state index in [2.05, 4.69) is 30.6 Å². The lowest BCUT2D eigenvalue weighted by Gasteiger charge is -2.38. The molecule has 0 aromatic rings. The van der Waals surface area contributed by atoms with E-state index < -0.39 is 0 Å². The Balaban J connectivity index is 2.33. The highest BCUT2D eigenvalue weighted by molar-refractivity contribution is 6.18. The average Bonchev–Trinajstić information content (AvgIpc) is 2.32. The number of likely N-dealkylation sites (N-methyl/N-ethyl adjacent to an activating group) is 1. The number of hydrogen-bond donors (Lipinski definition) is 0. The molecule has 4 heteroatoms. The maximum absolute atomic E-state index is 5.85. The summed E-state index contributed by atoms with van der Waals surface area (Å²) in [5, 5.41) is 0. The molecule has 0 aliphatic carbocycles. The van der Waals surface area contributed by atoms with Gasteiger partial charge in [0, 0.05) is 31.6 Å². The Morgan fingerprint density at radius 2 is 2.06 bits per heavy atom. The summed E-state index contributed by atoms with van der Waals surface area (Å²) in [7, 11) is 0. The summed E-state index contributed by atoms with van der Waals surface area (Å²) in [5.41, 5.74) is 0. The number of alkyl halides is 1. The average molecular weight is 249 g/mol. The molecular formula is C12H25ClN2O. The molecular weight excluding hydrogens is 224 g/mol. The maximum atomic E-state index is 5.85. The van der Waals surface area contributed by atoms with E-state index in [-0.39, 0.29) is 6.10 Å². The first-order valence-corrected chi connectivity index (χ1v) is 6.88. The van der Waals surface area contributed by atoms with Gasteiger partial charge in [-0.2, -0.15) is 0 Å². The molecule has 1 heterocycles. The minimum Gasteiger partial charge on any atom is -0.374 e. The molecule has 0 saturated carbocycles. The van der Waals surface area contributed by atoms with Crippen LogP contribution in [0.5, 0.6) is 0 Å². The van der Waals surface area contributed by atoms with Crippen LogP contribution < -0.4 is 0 Å². The monoisotopic (exact) mass is 248 g/mol. The summed E-state index contributed by atoms with van der Waals surface area (Å²) >= 11 is 5.85. The normalized spacial score (nSPS) is 27.6. The summed E-state index contributed by atoms with van der Waals surface area (Å²) in [4.78, 5) is 4.95. The lowest BCUT2D eigenvalue weighted by atomic mass is 10.2. The van der Waals surface area contributed by atoms with Crippen LogP contribution in [-0.2, 0) is 4.74 Å². The molecule has 1 rings (SSSR count). The maximum Gasteiger partial charge on any atom is 0.0837 e. The van der Waals surface area contributed by atoms with Gasteiger partial charge in [0.05, 0.1) is 12.7 Å². The molecule has 0 radical (unpaired) electrons. The van der Waals surface area contributed by atoms with Gasteiger partial charge in [0.2, 0.25) is 0 Å². The zero-order valence-electron chi connectivity index (χ0n) is 10.8. The van der Waals surface area contributed by atoms with Gasteiger partial charge in [0.25, 0.3) is 0 Å². The third kappa shape index (κ3) is 4.21. The molecule has 0 amide bonds. The molecule has 1 fully saturated rings. The predicted molar refractivity (Wildman–Crippen MR) is 69.3 cm³/mol. The molecule has 0 aromatic heterocycles. The molecule has 1 aliphatic heterocycles. The number of nitrogens with zero attached hydrogens (tertiary/aromatic N) is 2. The van der Waals surface area contributed by atoms with Crippen molar-refractivity contribution in [2.24, 2.45) is 0 Å². The van der Waals surface area contributed by atoms with Gasteiger partial charge >= 0.3 is 0 Å². The van der Waals surface area contributed by atoms with E-state index in [1.807, 2.05) is 0 Å². The van der Waals surface area contributed by atoms with Crippen molar-refractivity contribution in [1.82, 2.24) is 9.80 Å². The van der Waals surface area contributed by atoms with Crippen molar-refractivity contribution in [3.8, 4) is 0 Å². The molecule has 1 aliphatic rings. The summed E-state index contributed by atoms with van der Waals surface area (Å²) < 4.78 is 5.64. The zero-order chi connectivity index (χ0) is 12.0. The van der Waals surface area contributed by atoms with Gasteiger partial charge in [-0.3, -0.25) is 4.90 Å². The first kappa shape index (κ1) is 14.2. The number of halogens is 1. The van der Waals surface area contributed by atoms with Crippen LogP contribution >= 0.6 is 11.6 Å². The molecule has 0 N–H and O–H groups in total. The minimum atomic E-state index is 0.217. The first-order valence-electron chi connectivity index (χ1n) is 6.35. The van der Waals surface area contributed by atoms with E-state index in [9.17, 15) is 0 Å². The summed E-state index contributed by atoms with van der Waals surface area (Å²) in [6, 6.07) is 0.523. The van der Waals surface area contributed by atoms with Gasteiger partial charge in [-0.25, -0.2) is 0 Å². The van der Waals surface area contributed by atoms with Crippen LogP contribution in [0.3, 0.4) is 0 Å². The third-order valence-corrected chi connectivity index (χ3v) is 3.75. The van der Waals surface area contributed by atoms with E-state index >= 15 is 0 Å². The third-order valence-electron chi connectivity index (χ3n) is 3.40. The fraction of sp³-hybridized carbons (Fsp3) is 1.00. The zero-order valence-corrected chi connectivity index (χ0v) is 11.5. The van der Waals surface area contributed by atoms with Crippen LogP contribution in [0, 0.1) is 0 Å². The molecule has 0 spiro atoms. The first-order chi connectivity index (χ1) is 7.71. The van der Waals surface area contributed by atoms with Crippen molar-refractivity contribution in [2.45, 2.75) is 32.9 Å². The number of ether oxygens (including phenoxy) is 1. The highest BCUT2D eigenvalue weighted by atomic mass is 35.5. The Bertz CT molecular complexity index is 188. The van der Waals surface area contributed by atoms with Gasteiger partial charge < -0.3 is 9.64 Å². The largest absolute Gasteiger partial charge is 0.374 e. The highest BCUT2D eigenvalue weighted by Crippen LogP contribution is 2.12. The molecule has 16 heavy (non-hydrogen) atoms. The highest BCUT2D eigenvalue weighted by Gasteiger charge is 2.25.